The van der Waals surface area contributed by atoms with E-state index in [1.807, 2.05) is 12.1 Å². The highest BCUT2D eigenvalue weighted by Gasteiger charge is 2.27. The number of rotatable bonds is 2. The molecule has 0 aliphatic carbocycles. The van der Waals surface area contributed by atoms with Gasteiger partial charge in [0.25, 0.3) is 0 Å². The van der Waals surface area contributed by atoms with Gasteiger partial charge in [0.1, 0.15) is 5.82 Å². The SMILES string of the molecule is COC(=O)c1ccc(C2SCC(=O)Nc3c2cnn3C)cc1. The number of ether oxygens (including phenoxy) is 1. The van der Waals surface area contributed by atoms with Crippen molar-refractivity contribution in [3.05, 3.63) is 47.2 Å². The average Bonchev–Trinajstić information content (AvgIpc) is 2.79. The molecule has 2 heterocycles. The number of benzene rings is 1. The zero-order chi connectivity index (χ0) is 15.7. The van der Waals surface area contributed by atoms with Gasteiger partial charge in [-0.05, 0) is 17.7 Å². The van der Waals surface area contributed by atoms with Gasteiger partial charge in [-0.25, -0.2) is 4.79 Å². The first-order chi connectivity index (χ1) is 10.6. The van der Waals surface area contributed by atoms with Crippen molar-refractivity contribution in [3.63, 3.8) is 0 Å². The molecule has 6 nitrogen and oxygen atoms in total. The Morgan fingerprint density at radius 2 is 2.14 bits per heavy atom. The van der Waals surface area contributed by atoms with Crippen molar-refractivity contribution in [1.29, 1.82) is 0 Å². The first-order valence-electron chi connectivity index (χ1n) is 6.71. The first-order valence-corrected chi connectivity index (χ1v) is 7.76. The Labute approximate surface area is 131 Å². The van der Waals surface area contributed by atoms with E-state index in [0.29, 0.717) is 11.3 Å². The van der Waals surface area contributed by atoms with Crippen LogP contribution in [0.25, 0.3) is 0 Å². The van der Waals surface area contributed by atoms with E-state index in [0.717, 1.165) is 16.9 Å². The fourth-order valence-electron chi connectivity index (χ4n) is 2.40. The average molecular weight is 317 g/mol. The molecule has 0 saturated heterocycles. The second kappa shape index (κ2) is 5.84. The molecule has 1 aromatic carbocycles. The van der Waals surface area contributed by atoms with E-state index in [9.17, 15) is 9.59 Å². The van der Waals surface area contributed by atoms with Crippen LogP contribution in [0.2, 0.25) is 0 Å². The molecular formula is C15H15N3O3S. The number of anilines is 1. The molecule has 1 amide bonds. The van der Waals surface area contributed by atoms with Gasteiger partial charge in [-0.3, -0.25) is 9.48 Å². The van der Waals surface area contributed by atoms with Crippen molar-refractivity contribution in [2.24, 2.45) is 7.05 Å². The van der Waals surface area contributed by atoms with Gasteiger partial charge in [0, 0.05) is 12.6 Å². The summed E-state index contributed by atoms with van der Waals surface area (Å²) in [5.74, 6) is 0.692. The van der Waals surface area contributed by atoms with Gasteiger partial charge in [0.15, 0.2) is 0 Å². The van der Waals surface area contributed by atoms with Crippen LogP contribution in [0.4, 0.5) is 5.82 Å². The summed E-state index contributed by atoms with van der Waals surface area (Å²) < 4.78 is 6.36. The first kappa shape index (κ1) is 14.6. The zero-order valence-electron chi connectivity index (χ0n) is 12.2. The summed E-state index contributed by atoms with van der Waals surface area (Å²) in [6.45, 7) is 0. The summed E-state index contributed by atoms with van der Waals surface area (Å²) in [6, 6.07) is 7.24. The van der Waals surface area contributed by atoms with Crippen LogP contribution < -0.4 is 5.32 Å². The van der Waals surface area contributed by atoms with Crippen molar-refractivity contribution in [2.45, 2.75) is 5.25 Å². The van der Waals surface area contributed by atoms with Gasteiger partial charge in [0.05, 0.1) is 29.9 Å². The molecule has 7 heteroatoms. The van der Waals surface area contributed by atoms with Gasteiger partial charge in [0.2, 0.25) is 5.91 Å². The molecule has 22 heavy (non-hydrogen) atoms. The molecule has 1 unspecified atom stereocenters. The van der Waals surface area contributed by atoms with Crippen LogP contribution in [0.3, 0.4) is 0 Å². The molecule has 1 atom stereocenters. The summed E-state index contributed by atoms with van der Waals surface area (Å²) in [5, 5.41) is 7.09. The minimum Gasteiger partial charge on any atom is -0.465 e. The Morgan fingerprint density at radius 3 is 2.82 bits per heavy atom. The molecule has 3 rings (SSSR count). The monoisotopic (exact) mass is 317 g/mol. The molecule has 0 bridgehead atoms. The maximum absolute atomic E-state index is 11.8. The lowest BCUT2D eigenvalue weighted by molar-refractivity contribution is -0.113. The third-order valence-electron chi connectivity index (χ3n) is 3.52. The van der Waals surface area contributed by atoms with Crippen LogP contribution in [0.1, 0.15) is 26.7 Å². The Morgan fingerprint density at radius 1 is 1.41 bits per heavy atom. The van der Waals surface area contributed by atoms with Crippen LogP contribution in [0.15, 0.2) is 30.5 Å². The largest absolute Gasteiger partial charge is 0.465 e. The summed E-state index contributed by atoms with van der Waals surface area (Å²) in [7, 11) is 3.16. The molecule has 1 aliphatic rings. The summed E-state index contributed by atoms with van der Waals surface area (Å²) in [4.78, 5) is 23.3. The summed E-state index contributed by atoms with van der Waals surface area (Å²) in [5.41, 5.74) is 2.48. The second-order valence-electron chi connectivity index (χ2n) is 4.92. The molecule has 1 N–H and O–H groups in total. The Balaban J connectivity index is 1.97. The minimum atomic E-state index is -0.362. The third-order valence-corrected chi connectivity index (χ3v) is 4.81. The van der Waals surface area contributed by atoms with Crippen molar-refractivity contribution >= 4 is 29.5 Å². The number of hydrogen-bond donors (Lipinski definition) is 1. The predicted octanol–water partition coefficient (Wildman–Crippen LogP) is 1.98. The highest BCUT2D eigenvalue weighted by Crippen LogP contribution is 2.41. The van der Waals surface area contributed by atoms with Crippen LogP contribution in [-0.4, -0.2) is 34.5 Å². The topological polar surface area (TPSA) is 73.2 Å². The van der Waals surface area contributed by atoms with E-state index in [-0.39, 0.29) is 17.1 Å². The van der Waals surface area contributed by atoms with Gasteiger partial charge in [-0.15, -0.1) is 11.8 Å². The number of esters is 1. The van der Waals surface area contributed by atoms with Crippen LogP contribution in [0, 0.1) is 0 Å². The van der Waals surface area contributed by atoms with Gasteiger partial charge >= 0.3 is 5.97 Å². The van der Waals surface area contributed by atoms with Crippen molar-refractivity contribution in [2.75, 3.05) is 18.2 Å². The van der Waals surface area contributed by atoms with E-state index in [1.165, 1.54) is 18.9 Å². The van der Waals surface area contributed by atoms with Gasteiger partial charge in [-0.1, -0.05) is 12.1 Å². The maximum Gasteiger partial charge on any atom is 0.337 e. The number of carbonyl (C=O) groups excluding carboxylic acids is 2. The van der Waals surface area contributed by atoms with Crippen LogP contribution in [-0.2, 0) is 16.6 Å². The van der Waals surface area contributed by atoms with E-state index in [2.05, 4.69) is 10.4 Å². The Hall–Kier alpha value is -2.28. The fourth-order valence-corrected chi connectivity index (χ4v) is 3.50. The van der Waals surface area contributed by atoms with E-state index in [4.69, 9.17) is 4.74 Å². The summed E-state index contributed by atoms with van der Waals surface area (Å²) in [6.07, 6.45) is 1.77. The number of nitrogens with one attached hydrogen (secondary N) is 1. The van der Waals surface area contributed by atoms with Crippen LogP contribution >= 0.6 is 11.8 Å². The number of thioether (sulfide) groups is 1. The number of aryl methyl sites for hydroxylation is 1. The number of fused-ring (bicyclic) bond motifs is 1. The number of aromatic nitrogens is 2. The number of amides is 1. The summed E-state index contributed by atoms with van der Waals surface area (Å²) >= 11 is 1.54. The number of hydrogen-bond acceptors (Lipinski definition) is 5. The Bertz CT molecular complexity index is 724. The van der Waals surface area contributed by atoms with Crippen molar-refractivity contribution in [3.8, 4) is 0 Å². The molecule has 0 fully saturated rings. The molecule has 0 saturated carbocycles. The quantitative estimate of drug-likeness (QED) is 0.858. The van der Waals surface area contributed by atoms with Crippen LogP contribution in [0.5, 0.6) is 0 Å². The van der Waals surface area contributed by atoms with Gasteiger partial charge in [-0.2, -0.15) is 5.10 Å². The van der Waals surface area contributed by atoms with Gasteiger partial charge < -0.3 is 10.1 Å². The smallest absolute Gasteiger partial charge is 0.337 e. The highest BCUT2D eigenvalue weighted by atomic mass is 32.2. The maximum atomic E-state index is 11.8. The number of carbonyl (C=O) groups is 2. The van der Waals surface area contributed by atoms with E-state index in [1.54, 1.807) is 30.1 Å². The zero-order valence-corrected chi connectivity index (χ0v) is 13.0. The predicted molar refractivity (Wildman–Crippen MR) is 83.9 cm³/mol. The van der Waals surface area contributed by atoms with E-state index < -0.39 is 0 Å². The van der Waals surface area contributed by atoms with E-state index >= 15 is 0 Å². The molecule has 114 valence electrons. The fraction of sp³-hybridized carbons (Fsp3) is 0.267. The molecule has 2 aromatic rings. The standard InChI is InChI=1S/C15H15N3O3S/c1-18-14-11(7-16-18)13(22-8-12(19)17-14)9-3-5-10(6-4-9)15(20)21-2/h3-7,13H,8H2,1-2H3,(H,17,19). The molecular weight excluding hydrogens is 302 g/mol. The van der Waals surface area contributed by atoms with Crippen molar-refractivity contribution in [1.82, 2.24) is 9.78 Å². The highest BCUT2D eigenvalue weighted by molar-refractivity contribution is 8.00. The molecule has 0 radical (unpaired) electrons. The normalized spacial score (nSPS) is 17.4. The van der Waals surface area contributed by atoms with Crippen molar-refractivity contribution < 1.29 is 14.3 Å². The second-order valence-corrected chi connectivity index (χ2v) is 6.02. The Kier molecular flexibility index (Phi) is 3.89. The third kappa shape index (κ3) is 2.59. The minimum absolute atomic E-state index is 0.00523. The lowest BCUT2D eigenvalue weighted by Gasteiger charge is -2.14. The molecule has 0 spiro atoms. The lowest BCUT2D eigenvalue weighted by Crippen LogP contribution is -2.15. The lowest BCUT2D eigenvalue weighted by atomic mass is 10.0. The number of methoxy groups -OCH3 is 1. The number of nitrogens with zero attached hydrogens (tertiary/aromatic N) is 2. The molecule has 1 aliphatic heterocycles. The molecule has 1 aromatic heterocycles.